The van der Waals surface area contributed by atoms with Crippen molar-refractivity contribution in [3.8, 4) is 5.75 Å². The molecule has 0 saturated heterocycles. The summed E-state index contributed by atoms with van der Waals surface area (Å²) in [5.41, 5.74) is 0.129. The molecule has 1 rings (SSSR count). The molecule has 4 nitrogen and oxygen atoms in total. The van der Waals surface area contributed by atoms with Crippen molar-refractivity contribution in [2.45, 2.75) is 6.92 Å². The number of rotatable bonds is 2. The Morgan fingerprint density at radius 2 is 2.07 bits per heavy atom. The summed E-state index contributed by atoms with van der Waals surface area (Å²) in [4.78, 5) is 21.3. The maximum atomic E-state index is 10.7. The van der Waals surface area contributed by atoms with Gasteiger partial charge in [-0.1, -0.05) is 0 Å². The highest BCUT2D eigenvalue weighted by Crippen LogP contribution is 2.19. The van der Waals surface area contributed by atoms with E-state index in [4.69, 9.17) is 9.84 Å². The SMILES string of the molecule is CC(=O)Oc1ccc(I)c(C(=O)O)c1. The molecule has 0 aliphatic heterocycles. The molecule has 0 heterocycles. The van der Waals surface area contributed by atoms with Crippen LogP contribution in [0.1, 0.15) is 17.3 Å². The van der Waals surface area contributed by atoms with Crippen molar-refractivity contribution < 1.29 is 19.4 Å². The lowest BCUT2D eigenvalue weighted by Gasteiger charge is -2.03. The fraction of sp³-hybridized carbons (Fsp3) is 0.111. The molecule has 0 aromatic heterocycles. The van der Waals surface area contributed by atoms with Crippen molar-refractivity contribution in [1.29, 1.82) is 0 Å². The molecule has 1 N–H and O–H groups in total. The largest absolute Gasteiger partial charge is 0.478 e. The summed E-state index contributed by atoms with van der Waals surface area (Å²) >= 11 is 1.90. The first-order valence-corrected chi connectivity index (χ1v) is 4.80. The molecule has 14 heavy (non-hydrogen) atoms. The standard InChI is InChI=1S/C9H7IO4/c1-5(11)14-6-2-3-8(10)7(4-6)9(12)13/h2-4H,1H3,(H,12,13). The number of hydrogen-bond donors (Lipinski definition) is 1. The summed E-state index contributed by atoms with van der Waals surface area (Å²) in [6.07, 6.45) is 0. The highest BCUT2D eigenvalue weighted by Gasteiger charge is 2.10. The van der Waals surface area contributed by atoms with Crippen LogP contribution in [0.5, 0.6) is 5.75 Å². The van der Waals surface area contributed by atoms with Crippen molar-refractivity contribution in [2.24, 2.45) is 0 Å². The van der Waals surface area contributed by atoms with E-state index in [1.165, 1.54) is 13.0 Å². The maximum Gasteiger partial charge on any atom is 0.336 e. The summed E-state index contributed by atoms with van der Waals surface area (Å²) in [6.45, 7) is 1.26. The van der Waals surface area contributed by atoms with Crippen LogP contribution in [0.3, 0.4) is 0 Å². The normalized spacial score (nSPS) is 9.57. The number of aromatic carboxylic acids is 1. The molecular weight excluding hydrogens is 299 g/mol. The third-order valence-electron chi connectivity index (χ3n) is 1.43. The lowest BCUT2D eigenvalue weighted by molar-refractivity contribution is -0.131. The minimum absolute atomic E-state index is 0.129. The van der Waals surface area contributed by atoms with Crippen LogP contribution in [0.25, 0.3) is 0 Å². The van der Waals surface area contributed by atoms with E-state index in [0.29, 0.717) is 3.57 Å². The number of carbonyl (C=O) groups excluding carboxylic acids is 1. The van der Waals surface area contributed by atoms with Gasteiger partial charge in [-0.3, -0.25) is 4.79 Å². The van der Waals surface area contributed by atoms with Crippen molar-refractivity contribution >= 4 is 34.5 Å². The van der Waals surface area contributed by atoms with Gasteiger partial charge in [0.05, 0.1) is 5.56 Å². The van der Waals surface area contributed by atoms with Gasteiger partial charge in [-0.15, -0.1) is 0 Å². The van der Waals surface area contributed by atoms with Gasteiger partial charge in [0.2, 0.25) is 0 Å². The third kappa shape index (κ3) is 2.69. The summed E-state index contributed by atoms with van der Waals surface area (Å²) in [6, 6.07) is 4.46. The lowest BCUT2D eigenvalue weighted by atomic mass is 10.2. The van der Waals surface area contributed by atoms with Crippen molar-refractivity contribution in [3.63, 3.8) is 0 Å². The van der Waals surface area contributed by atoms with Gasteiger partial charge >= 0.3 is 11.9 Å². The fourth-order valence-corrected chi connectivity index (χ4v) is 1.46. The van der Waals surface area contributed by atoms with Crippen molar-refractivity contribution in [2.75, 3.05) is 0 Å². The number of halogens is 1. The molecule has 0 aliphatic rings. The van der Waals surface area contributed by atoms with Crippen LogP contribution in [-0.4, -0.2) is 17.0 Å². The zero-order chi connectivity index (χ0) is 10.7. The van der Waals surface area contributed by atoms with Crippen LogP contribution in [0, 0.1) is 3.57 Å². The van der Waals surface area contributed by atoms with Crippen LogP contribution in [0.4, 0.5) is 0 Å². The minimum atomic E-state index is -1.04. The first-order valence-electron chi connectivity index (χ1n) is 3.72. The molecule has 0 unspecified atom stereocenters. The Morgan fingerprint density at radius 3 is 2.57 bits per heavy atom. The molecule has 0 fully saturated rings. The summed E-state index contributed by atoms with van der Waals surface area (Å²) in [5, 5.41) is 8.78. The Balaban J connectivity index is 3.06. The van der Waals surface area contributed by atoms with E-state index in [-0.39, 0.29) is 11.3 Å². The number of esters is 1. The Morgan fingerprint density at radius 1 is 1.43 bits per heavy atom. The van der Waals surface area contributed by atoms with Gasteiger partial charge in [0.1, 0.15) is 5.75 Å². The number of benzene rings is 1. The molecule has 74 valence electrons. The van der Waals surface area contributed by atoms with E-state index < -0.39 is 11.9 Å². The molecule has 0 aliphatic carbocycles. The van der Waals surface area contributed by atoms with Gasteiger partial charge in [-0.05, 0) is 40.8 Å². The van der Waals surface area contributed by atoms with Crippen molar-refractivity contribution in [3.05, 3.63) is 27.3 Å². The van der Waals surface area contributed by atoms with Gasteiger partial charge in [0.25, 0.3) is 0 Å². The smallest absolute Gasteiger partial charge is 0.336 e. The molecule has 0 spiro atoms. The second-order valence-corrected chi connectivity index (χ2v) is 3.70. The molecule has 5 heteroatoms. The van der Waals surface area contributed by atoms with E-state index in [9.17, 15) is 9.59 Å². The van der Waals surface area contributed by atoms with E-state index in [1.54, 1.807) is 12.1 Å². The van der Waals surface area contributed by atoms with Crippen LogP contribution >= 0.6 is 22.6 Å². The van der Waals surface area contributed by atoms with E-state index in [0.717, 1.165) is 0 Å². The Labute approximate surface area is 94.0 Å². The number of carbonyl (C=O) groups is 2. The predicted molar refractivity (Wildman–Crippen MR) is 57.4 cm³/mol. The number of ether oxygens (including phenoxy) is 1. The molecule has 1 aromatic carbocycles. The van der Waals surface area contributed by atoms with Gasteiger partial charge in [0.15, 0.2) is 0 Å². The van der Waals surface area contributed by atoms with Gasteiger partial charge in [-0.2, -0.15) is 0 Å². The highest BCUT2D eigenvalue weighted by atomic mass is 127. The lowest BCUT2D eigenvalue weighted by Crippen LogP contribution is -2.04. The summed E-state index contributed by atoms with van der Waals surface area (Å²) in [7, 11) is 0. The first-order chi connectivity index (χ1) is 6.50. The molecule has 0 bridgehead atoms. The molecule has 0 atom stereocenters. The molecule has 0 amide bonds. The van der Waals surface area contributed by atoms with E-state index >= 15 is 0 Å². The summed E-state index contributed by atoms with van der Waals surface area (Å²) < 4.78 is 5.36. The number of carboxylic acid groups (broad SMARTS) is 1. The van der Waals surface area contributed by atoms with Crippen LogP contribution in [-0.2, 0) is 4.79 Å². The number of carboxylic acids is 1. The zero-order valence-electron chi connectivity index (χ0n) is 7.28. The van der Waals surface area contributed by atoms with Gasteiger partial charge in [0, 0.05) is 10.5 Å². The zero-order valence-corrected chi connectivity index (χ0v) is 9.44. The maximum absolute atomic E-state index is 10.7. The van der Waals surface area contributed by atoms with Crippen molar-refractivity contribution in [1.82, 2.24) is 0 Å². The first kappa shape index (κ1) is 11.0. The Hall–Kier alpha value is -1.11. The van der Waals surface area contributed by atoms with E-state index in [1.807, 2.05) is 22.6 Å². The number of hydrogen-bond acceptors (Lipinski definition) is 3. The predicted octanol–water partition coefficient (Wildman–Crippen LogP) is 1.91. The Bertz CT molecular complexity index is 386. The third-order valence-corrected chi connectivity index (χ3v) is 2.37. The molecule has 0 saturated carbocycles. The van der Waals surface area contributed by atoms with Crippen LogP contribution in [0.15, 0.2) is 18.2 Å². The highest BCUT2D eigenvalue weighted by molar-refractivity contribution is 14.1. The average molecular weight is 306 g/mol. The molecular formula is C9H7IO4. The molecule has 0 radical (unpaired) electrons. The quantitative estimate of drug-likeness (QED) is 0.515. The van der Waals surface area contributed by atoms with Crippen LogP contribution in [0.2, 0.25) is 0 Å². The Kier molecular flexibility index (Phi) is 3.45. The summed E-state index contributed by atoms with van der Waals surface area (Å²) in [5.74, 6) is -1.26. The monoisotopic (exact) mass is 306 g/mol. The van der Waals surface area contributed by atoms with Gasteiger partial charge < -0.3 is 9.84 Å². The second-order valence-electron chi connectivity index (χ2n) is 2.54. The second kappa shape index (κ2) is 4.41. The van der Waals surface area contributed by atoms with E-state index in [2.05, 4.69) is 0 Å². The average Bonchev–Trinajstić information content (AvgIpc) is 2.07. The fourth-order valence-electron chi connectivity index (χ4n) is 0.898. The van der Waals surface area contributed by atoms with Gasteiger partial charge in [-0.25, -0.2) is 4.79 Å². The topological polar surface area (TPSA) is 63.6 Å². The molecule has 1 aromatic rings. The minimum Gasteiger partial charge on any atom is -0.478 e. The van der Waals surface area contributed by atoms with Crippen LogP contribution < -0.4 is 4.74 Å².